The Balaban J connectivity index is 1.69. The van der Waals surface area contributed by atoms with E-state index in [1.807, 2.05) is 73.2 Å². The highest BCUT2D eigenvalue weighted by atomic mass is 16.5. The quantitative estimate of drug-likeness (QED) is 0.413. The first-order valence-corrected chi connectivity index (χ1v) is 13.6. The highest BCUT2D eigenvalue weighted by molar-refractivity contribution is 5.95. The van der Waals surface area contributed by atoms with Gasteiger partial charge in [0.05, 0.1) is 31.3 Å². The predicted octanol–water partition coefficient (Wildman–Crippen LogP) is 4.83. The highest BCUT2D eigenvalue weighted by Crippen LogP contribution is 2.32. The molecule has 0 bridgehead atoms. The van der Waals surface area contributed by atoms with Gasteiger partial charge in [-0.25, -0.2) is 4.79 Å². The number of hydrogen-bond donors (Lipinski definition) is 1. The number of fused-ring (bicyclic) bond motifs is 1. The number of likely N-dealkylation sites (N-methyl/N-ethyl adjacent to an activating group) is 1. The van der Waals surface area contributed by atoms with E-state index >= 15 is 0 Å². The van der Waals surface area contributed by atoms with Crippen LogP contribution in [0.4, 0.5) is 0 Å². The largest absolute Gasteiger partial charge is 0.496 e. The van der Waals surface area contributed by atoms with Crippen molar-refractivity contribution in [3.63, 3.8) is 0 Å². The van der Waals surface area contributed by atoms with E-state index in [2.05, 4.69) is 5.32 Å². The number of nitrogens with zero attached hydrogens (tertiary/aromatic N) is 3. The number of carbonyl (C=O) groups is 1. The number of ether oxygens (including phenoxy) is 2. The molecule has 0 atom stereocenters. The molecule has 8 nitrogen and oxygen atoms in total. The van der Waals surface area contributed by atoms with Crippen LogP contribution in [0.3, 0.4) is 0 Å². The second kappa shape index (κ2) is 11.6. The molecule has 0 spiro atoms. The van der Waals surface area contributed by atoms with E-state index < -0.39 is 0 Å². The summed E-state index contributed by atoms with van der Waals surface area (Å²) in [7, 11) is 5.56. The third-order valence-corrected chi connectivity index (χ3v) is 7.23. The lowest BCUT2D eigenvalue weighted by Crippen LogP contribution is -2.50. The van der Waals surface area contributed by atoms with Gasteiger partial charge >= 0.3 is 5.69 Å². The number of benzene rings is 2. The molecular formula is C30H42N4O4. The summed E-state index contributed by atoms with van der Waals surface area (Å²) in [5.74, 6) is 1.20. The van der Waals surface area contributed by atoms with Gasteiger partial charge in [-0.05, 0) is 72.0 Å². The van der Waals surface area contributed by atoms with Crippen LogP contribution >= 0.6 is 0 Å². The van der Waals surface area contributed by atoms with E-state index in [0.717, 1.165) is 48.0 Å². The summed E-state index contributed by atoms with van der Waals surface area (Å²) < 4.78 is 15.3. The molecule has 1 aliphatic rings. The van der Waals surface area contributed by atoms with Crippen LogP contribution in [0.15, 0.2) is 41.2 Å². The number of methoxy groups -OCH3 is 1. The van der Waals surface area contributed by atoms with Gasteiger partial charge in [0.1, 0.15) is 11.5 Å². The number of carbonyl (C=O) groups excluding carboxylic acids is 1. The molecule has 38 heavy (non-hydrogen) atoms. The van der Waals surface area contributed by atoms with Crippen molar-refractivity contribution in [2.75, 3.05) is 34.4 Å². The van der Waals surface area contributed by atoms with Crippen molar-refractivity contribution in [2.45, 2.75) is 71.0 Å². The first-order valence-electron chi connectivity index (χ1n) is 13.6. The smallest absolute Gasteiger partial charge is 0.329 e. The minimum atomic E-state index is -0.388. The molecule has 206 valence electrons. The fraction of sp³-hybridized carbons (Fsp3) is 0.533. The Labute approximate surface area is 225 Å². The van der Waals surface area contributed by atoms with E-state index in [1.165, 1.54) is 6.42 Å². The lowest BCUT2D eigenvalue weighted by atomic mass is 9.95. The second-order valence-corrected chi connectivity index (χ2v) is 11.2. The zero-order valence-electron chi connectivity index (χ0n) is 23.7. The van der Waals surface area contributed by atoms with E-state index in [1.54, 1.807) is 19.2 Å². The van der Waals surface area contributed by atoms with E-state index in [-0.39, 0.29) is 23.2 Å². The van der Waals surface area contributed by atoms with Gasteiger partial charge in [-0.1, -0.05) is 25.3 Å². The Hall–Kier alpha value is -3.26. The molecule has 0 unspecified atom stereocenters. The molecule has 1 fully saturated rings. The molecule has 1 heterocycles. The normalized spacial score (nSPS) is 14.7. The number of aromatic nitrogens is 2. The summed E-state index contributed by atoms with van der Waals surface area (Å²) >= 11 is 0. The molecule has 1 amide bonds. The molecule has 4 rings (SSSR count). The molecule has 1 aliphatic carbocycles. The molecule has 0 saturated heterocycles. The van der Waals surface area contributed by atoms with Gasteiger partial charge < -0.3 is 19.7 Å². The van der Waals surface area contributed by atoms with Crippen LogP contribution in [-0.4, -0.2) is 59.8 Å². The Bertz CT molecular complexity index is 1330. The maximum Gasteiger partial charge on any atom is 0.329 e. The van der Waals surface area contributed by atoms with Crippen LogP contribution in [0.25, 0.3) is 11.0 Å². The second-order valence-electron chi connectivity index (χ2n) is 11.2. The van der Waals surface area contributed by atoms with Gasteiger partial charge in [0.25, 0.3) is 5.91 Å². The Morgan fingerprint density at radius 1 is 1.08 bits per heavy atom. The van der Waals surface area contributed by atoms with Gasteiger partial charge in [-0.2, -0.15) is 0 Å². The Morgan fingerprint density at radius 3 is 2.47 bits per heavy atom. The monoisotopic (exact) mass is 522 g/mol. The fourth-order valence-electron chi connectivity index (χ4n) is 5.76. The summed E-state index contributed by atoms with van der Waals surface area (Å²) in [4.78, 5) is 28.9. The summed E-state index contributed by atoms with van der Waals surface area (Å²) in [6.45, 7) is 7.60. The van der Waals surface area contributed by atoms with Gasteiger partial charge in [0.15, 0.2) is 0 Å². The Kier molecular flexibility index (Phi) is 8.51. The average molecular weight is 523 g/mol. The third kappa shape index (κ3) is 6.07. The molecule has 0 aliphatic heterocycles. The minimum absolute atomic E-state index is 0.0187. The van der Waals surface area contributed by atoms with Crippen LogP contribution in [0, 0.1) is 0 Å². The summed E-state index contributed by atoms with van der Waals surface area (Å²) in [5, 5.41) is 3.11. The Morgan fingerprint density at radius 2 is 1.82 bits per heavy atom. The number of rotatable bonds is 10. The molecular weight excluding hydrogens is 480 g/mol. The average Bonchev–Trinajstić information content (AvgIpc) is 3.14. The highest BCUT2D eigenvalue weighted by Gasteiger charge is 2.25. The van der Waals surface area contributed by atoms with Crippen molar-refractivity contribution in [1.82, 2.24) is 19.4 Å². The summed E-state index contributed by atoms with van der Waals surface area (Å²) in [6, 6.07) is 11.5. The molecule has 1 N–H and O–H groups in total. The maximum absolute atomic E-state index is 13.9. The van der Waals surface area contributed by atoms with Gasteiger partial charge in [0, 0.05) is 35.3 Å². The maximum atomic E-state index is 13.9. The van der Waals surface area contributed by atoms with Crippen molar-refractivity contribution in [2.24, 2.45) is 0 Å². The number of nitrogens with one attached hydrogen (secondary N) is 1. The lowest BCUT2D eigenvalue weighted by Gasteiger charge is -2.29. The molecule has 3 aromatic rings. The zero-order valence-corrected chi connectivity index (χ0v) is 23.7. The van der Waals surface area contributed by atoms with Crippen LogP contribution in [0.2, 0.25) is 0 Å². The number of hydrogen-bond acceptors (Lipinski definition) is 5. The minimum Gasteiger partial charge on any atom is -0.496 e. The molecule has 0 radical (unpaired) electrons. The SMILES string of the molecule is CCOc1ccc2c(c1)n(C1CCCCC1)c(=O)n2Cc1ccc(C(=O)NC(C)(C)CN(C)C)cc1OC. The number of amides is 1. The first kappa shape index (κ1) is 27.8. The van der Waals surface area contributed by atoms with Crippen molar-refractivity contribution >= 4 is 16.9 Å². The van der Waals surface area contributed by atoms with Gasteiger partial charge in [-0.15, -0.1) is 0 Å². The van der Waals surface area contributed by atoms with Gasteiger partial charge in [0.2, 0.25) is 0 Å². The van der Waals surface area contributed by atoms with Crippen LogP contribution in [0.5, 0.6) is 11.5 Å². The lowest BCUT2D eigenvalue weighted by molar-refractivity contribution is 0.0899. The molecule has 8 heteroatoms. The molecule has 1 aromatic heterocycles. The van der Waals surface area contributed by atoms with E-state index in [4.69, 9.17) is 9.47 Å². The topological polar surface area (TPSA) is 77.7 Å². The first-order chi connectivity index (χ1) is 18.1. The van der Waals surface area contributed by atoms with Crippen molar-refractivity contribution in [3.8, 4) is 11.5 Å². The van der Waals surface area contributed by atoms with Crippen LogP contribution in [-0.2, 0) is 6.54 Å². The summed E-state index contributed by atoms with van der Waals surface area (Å²) in [6.07, 6.45) is 5.51. The van der Waals surface area contributed by atoms with Crippen molar-refractivity contribution in [3.05, 3.63) is 58.0 Å². The molecule has 2 aromatic carbocycles. The van der Waals surface area contributed by atoms with Crippen LogP contribution < -0.4 is 20.5 Å². The van der Waals surface area contributed by atoms with Crippen LogP contribution in [0.1, 0.15) is 74.8 Å². The fourth-order valence-corrected chi connectivity index (χ4v) is 5.76. The standard InChI is InChI=1S/C30H42N4O4/c1-7-38-24-15-16-25-26(18-24)34(23-11-9-8-10-12-23)29(36)33(25)19-22-14-13-21(17-27(22)37-6)28(35)31-30(2,3)20-32(4)5/h13-18,23H,7-12,19-20H2,1-6H3,(H,31,35). The molecule has 1 saturated carbocycles. The predicted molar refractivity (Wildman–Crippen MR) is 152 cm³/mol. The summed E-state index contributed by atoms with van der Waals surface area (Å²) in [5.41, 5.74) is 2.74. The van der Waals surface area contributed by atoms with E-state index in [9.17, 15) is 9.59 Å². The van der Waals surface area contributed by atoms with E-state index in [0.29, 0.717) is 31.0 Å². The zero-order chi connectivity index (χ0) is 27.4. The van der Waals surface area contributed by atoms with Gasteiger partial charge in [-0.3, -0.25) is 13.9 Å². The van der Waals surface area contributed by atoms with Crippen molar-refractivity contribution < 1.29 is 14.3 Å². The van der Waals surface area contributed by atoms with Crippen molar-refractivity contribution in [1.29, 1.82) is 0 Å². The third-order valence-electron chi connectivity index (χ3n) is 7.23. The number of imidazole rings is 1.